The van der Waals surface area contributed by atoms with E-state index in [1.807, 2.05) is 103 Å². The molecule has 4 rings (SSSR count). The van der Waals surface area contributed by atoms with Crippen LogP contribution in [0, 0.1) is 0 Å². The highest BCUT2D eigenvalue weighted by molar-refractivity contribution is 7.79. The van der Waals surface area contributed by atoms with Crippen LogP contribution in [0.2, 0.25) is 0 Å². The summed E-state index contributed by atoms with van der Waals surface area (Å²) in [7, 11) is -3.09. The molecule has 134 valence electrons. The second-order valence-corrected chi connectivity index (χ2v) is 9.12. The molecule has 0 radical (unpaired) electrons. The Morgan fingerprint density at radius 2 is 1.19 bits per heavy atom. The third kappa shape index (κ3) is 3.47. The molecule has 0 saturated carbocycles. The van der Waals surface area contributed by atoms with Crippen molar-refractivity contribution in [3.63, 3.8) is 0 Å². The van der Waals surface area contributed by atoms with E-state index in [4.69, 9.17) is 4.42 Å². The fourth-order valence-corrected chi connectivity index (χ4v) is 6.19. The van der Waals surface area contributed by atoms with Crippen molar-refractivity contribution < 1.29 is 8.98 Å². The number of hydrogen-bond donors (Lipinski definition) is 1. The summed E-state index contributed by atoms with van der Waals surface area (Å²) >= 11 is 0. The summed E-state index contributed by atoms with van der Waals surface area (Å²) in [6.07, 6.45) is 1.62. The summed E-state index contributed by atoms with van der Waals surface area (Å²) in [4.78, 5) is 0. The Hall–Kier alpha value is -3.03. The van der Waals surface area contributed by atoms with Gasteiger partial charge in [0.1, 0.15) is 11.5 Å². The van der Waals surface area contributed by atoms with Gasteiger partial charge < -0.3 is 14.3 Å². The zero-order valence-corrected chi connectivity index (χ0v) is 15.6. The average Bonchev–Trinajstić information content (AvgIpc) is 3.28. The van der Waals surface area contributed by atoms with Crippen LogP contribution < -0.4 is 15.9 Å². The highest BCUT2D eigenvalue weighted by atomic mass is 31.2. The second kappa shape index (κ2) is 7.69. The van der Waals surface area contributed by atoms with E-state index >= 15 is 0 Å². The SMILES string of the molecule is O=P(c1ccccc1)(c1ccccc1)C(Nc1ccccc1)c1ccco1. The maximum atomic E-state index is 14.7. The van der Waals surface area contributed by atoms with Gasteiger partial charge in [0.25, 0.3) is 0 Å². The van der Waals surface area contributed by atoms with Crippen molar-refractivity contribution in [1.82, 2.24) is 0 Å². The van der Waals surface area contributed by atoms with Gasteiger partial charge >= 0.3 is 0 Å². The van der Waals surface area contributed by atoms with E-state index < -0.39 is 12.9 Å². The van der Waals surface area contributed by atoms with E-state index in [1.165, 1.54) is 0 Å². The van der Waals surface area contributed by atoms with E-state index in [9.17, 15) is 4.57 Å². The molecule has 1 N–H and O–H groups in total. The lowest BCUT2D eigenvalue weighted by Gasteiger charge is -2.29. The number of nitrogens with one attached hydrogen (secondary N) is 1. The summed E-state index contributed by atoms with van der Waals surface area (Å²) in [6.45, 7) is 0. The molecule has 0 spiro atoms. The third-order valence-corrected chi connectivity index (χ3v) is 7.77. The van der Waals surface area contributed by atoms with Gasteiger partial charge in [-0.25, -0.2) is 0 Å². The summed E-state index contributed by atoms with van der Waals surface area (Å²) in [5, 5.41) is 5.05. The molecule has 0 aliphatic carbocycles. The molecule has 3 aromatic carbocycles. The first kappa shape index (κ1) is 17.4. The normalized spacial score (nSPS) is 12.4. The average molecular weight is 373 g/mol. The van der Waals surface area contributed by atoms with Gasteiger partial charge in [-0.3, -0.25) is 0 Å². The fourth-order valence-electron chi connectivity index (χ4n) is 3.23. The van der Waals surface area contributed by atoms with E-state index in [2.05, 4.69) is 5.32 Å². The van der Waals surface area contributed by atoms with E-state index in [-0.39, 0.29) is 0 Å². The third-order valence-electron chi connectivity index (χ3n) is 4.53. The van der Waals surface area contributed by atoms with Gasteiger partial charge in [0.2, 0.25) is 0 Å². The maximum absolute atomic E-state index is 14.7. The molecule has 1 atom stereocenters. The molecule has 0 fully saturated rings. The fraction of sp³-hybridized carbons (Fsp3) is 0.0435. The van der Waals surface area contributed by atoms with E-state index in [0.717, 1.165) is 16.3 Å². The monoisotopic (exact) mass is 373 g/mol. The number of furan rings is 1. The molecular formula is C23H20NO2P. The molecule has 0 amide bonds. The maximum Gasteiger partial charge on any atom is 0.171 e. The van der Waals surface area contributed by atoms with Gasteiger partial charge in [0, 0.05) is 16.3 Å². The van der Waals surface area contributed by atoms with Crippen LogP contribution in [0.3, 0.4) is 0 Å². The lowest BCUT2D eigenvalue weighted by Crippen LogP contribution is -2.25. The van der Waals surface area contributed by atoms with Crippen LogP contribution in [0.25, 0.3) is 0 Å². The lowest BCUT2D eigenvalue weighted by molar-refractivity contribution is 0.504. The van der Waals surface area contributed by atoms with Gasteiger partial charge in [-0.15, -0.1) is 0 Å². The summed E-state index contributed by atoms with van der Waals surface area (Å²) in [6, 6.07) is 32.8. The van der Waals surface area contributed by atoms with E-state index in [0.29, 0.717) is 5.76 Å². The predicted molar refractivity (Wildman–Crippen MR) is 111 cm³/mol. The Morgan fingerprint density at radius 3 is 1.67 bits per heavy atom. The predicted octanol–water partition coefficient (Wildman–Crippen LogP) is 5.40. The molecule has 1 aromatic heterocycles. The first-order chi connectivity index (χ1) is 13.3. The van der Waals surface area contributed by atoms with Crippen LogP contribution in [0.5, 0.6) is 0 Å². The smallest absolute Gasteiger partial charge is 0.171 e. The van der Waals surface area contributed by atoms with Crippen molar-refractivity contribution in [3.8, 4) is 0 Å². The molecule has 1 heterocycles. The summed E-state index contributed by atoms with van der Waals surface area (Å²) in [5.41, 5.74) is 0.894. The Kier molecular flexibility index (Phi) is 4.95. The Bertz CT molecular complexity index is 972. The number of rotatable bonds is 6. The molecule has 0 saturated heterocycles. The van der Waals surface area contributed by atoms with Gasteiger partial charge in [-0.2, -0.15) is 0 Å². The number of benzene rings is 3. The molecule has 27 heavy (non-hydrogen) atoms. The van der Waals surface area contributed by atoms with Crippen LogP contribution in [0.1, 0.15) is 11.5 Å². The Morgan fingerprint density at radius 1 is 0.667 bits per heavy atom. The van der Waals surface area contributed by atoms with Gasteiger partial charge in [-0.05, 0) is 24.3 Å². The molecule has 4 aromatic rings. The minimum absolute atomic E-state index is 0.514. The van der Waals surface area contributed by atoms with E-state index in [1.54, 1.807) is 6.26 Å². The van der Waals surface area contributed by atoms with Gasteiger partial charge in [-0.1, -0.05) is 78.9 Å². The molecule has 3 nitrogen and oxygen atoms in total. The number of hydrogen-bond acceptors (Lipinski definition) is 3. The summed E-state index contributed by atoms with van der Waals surface area (Å²) < 4.78 is 20.4. The Labute approximate surface area is 159 Å². The molecule has 0 bridgehead atoms. The van der Waals surface area contributed by atoms with Crippen molar-refractivity contribution in [2.75, 3.05) is 5.32 Å². The Balaban J connectivity index is 1.91. The van der Waals surface area contributed by atoms with Crippen LogP contribution in [0.15, 0.2) is 114 Å². The van der Waals surface area contributed by atoms with Crippen LogP contribution >= 0.6 is 7.14 Å². The van der Waals surface area contributed by atoms with Crippen LogP contribution in [-0.4, -0.2) is 0 Å². The van der Waals surface area contributed by atoms with Crippen molar-refractivity contribution in [2.45, 2.75) is 5.78 Å². The van der Waals surface area contributed by atoms with Crippen LogP contribution in [-0.2, 0) is 4.57 Å². The quantitative estimate of drug-likeness (QED) is 0.460. The standard InChI is InChI=1S/C23H20NO2P/c25-27(20-13-6-2-7-14-20,21-15-8-3-9-16-21)23(22-17-10-18-26-22)24-19-11-4-1-5-12-19/h1-18,23-24H. The molecule has 0 aliphatic heterocycles. The number of anilines is 1. The molecule has 1 unspecified atom stereocenters. The van der Waals surface area contributed by atoms with Crippen molar-refractivity contribution >= 4 is 23.4 Å². The van der Waals surface area contributed by atoms with Crippen LogP contribution in [0.4, 0.5) is 5.69 Å². The first-order valence-electron chi connectivity index (χ1n) is 8.84. The second-order valence-electron chi connectivity index (χ2n) is 6.26. The molecule has 4 heteroatoms. The first-order valence-corrected chi connectivity index (χ1v) is 10.6. The lowest BCUT2D eigenvalue weighted by atomic mass is 10.3. The zero-order chi connectivity index (χ0) is 18.5. The van der Waals surface area contributed by atoms with Crippen molar-refractivity contribution in [1.29, 1.82) is 0 Å². The zero-order valence-electron chi connectivity index (χ0n) is 14.7. The largest absolute Gasteiger partial charge is 0.467 e. The van der Waals surface area contributed by atoms with Gasteiger partial charge in [0.05, 0.1) is 6.26 Å². The summed E-state index contributed by atoms with van der Waals surface area (Å²) in [5.74, 6) is 0.134. The molecule has 0 aliphatic rings. The van der Waals surface area contributed by atoms with Gasteiger partial charge in [0.15, 0.2) is 7.14 Å². The minimum atomic E-state index is -3.09. The highest BCUT2D eigenvalue weighted by Crippen LogP contribution is 2.57. The molecular weight excluding hydrogens is 353 g/mol. The van der Waals surface area contributed by atoms with Crippen molar-refractivity contribution in [2.24, 2.45) is 0 Å². The van der Waals surface area contributed by atoms with Crippen molar-refractivity contribution in [3.05, 3.63) is 115 Å². The topological polar surface area (TPSA) is 42.2 Å². The number of para-hydroxylation sites is 1. The minimum Gasteiger partial charge on any atom is -0.467 e. The highest BCUT2D eigenvalue weighted by Gasteiger charge is 2.39.